The zero-order valence-corrected chi connectivity index (χ0v) is 12.9. The van der Waals surface area contributed by atoms with Gasteiger partial charge >= 0.3 is 0 Å². The summed E-state index contributed by atoms with van der Waals surface area (Å²) in [5, 5.41) is 6.81. The van der Waals surface area contributed by atoms with Crippen molar-refractivity contribution in [1.82, 2.24) is 15.5 Å². The third-order valence-electron chi connectivity index (χ3n) is 2.50. The van der Waals surface area contributed by atoms with E-state index in [1.807, 2.05) is 26.1 Å². The van der Waals surface area contributed by atoms with E-state index in [1.165, 1.54) is 6.39 Å². The van der Waals surface area contributed by atoms with Gasteiger partial charge in [0.1, 0.15) is 0 Å². The molecule has 0 atom stereocenters. The van der Waals surface area contributed by atoms with Gasteiger partial charge in [0.05, 0.1) is 11.1 Å². The number of ether oxygens (including phenoxy) is 2. The molecule has 0 saturated carbocycles. The number of nitrogens with zero attached hydrogens (tertiary/aromatic N) is 2. The molecule has 0 fully saturated rings. The van der Waals surface area contributed by atoms with E-state index in [4.69, 9.17) is 9.47 Å². The molecule has 7 heteroatoms. The second-order valence-electron chi connectivity index (χ2n) is 4.00. The summed E-state index contributed by atoms with van der Waals surface area (Å²) < 4.78 is 16.8. The van der Waals surface area contributed by atoms with Crippen LogP contribution >= 0.6 is 15.9 Å². The number of hydrogen-bond donors (Lipinski definition) is 1. The summed E-state index contributed by atoms with van der Waals surface area (Å²) in [5.74, 6) is 1.81. The zero-order valence-electron chi connectivity index (χ0n) is 11.4. The summed E-state index contributed by atoms with van der Waals surface area (Å²) in [6, 6.07) is 3.95. The second kappa shape index (κ2) is 7.25. The van der Waals surface area contributed by atoms with Crippen molar-refractivity contribution in [2.24, 2.45) is 0 Å². The molecule has 0 radical (unpaired) electrons. The smallest absolute Gasteiger partial charge is 0.213 e. The van der Waals surface area contributed by atoms with Crippen LogP contribution in [0.3, 0.4) is 0 Å². The van der Waals surface area contributed by atoms with Gasteiger partial charge in [0.15, 0.2) is 18.1 Å². The van der Waals surface area contributed by atoms with E-state index in [9.17, 15) is 0 Å². The van der Waals surface area contributed by atoms with Gasteiger partial charge in [-0.15, -0.1) is 0 Å². The van der Waals surface area contributed by atoms with E-state index >= 15 is 0 Å². The lowest BCUT2D eigenvalue weighted by atomic mass is 10.2. The van der Waals surface area contributed by atoms with Gasteiger partial charge in [0.25, 0.3) is 0 Å². The minimum Gasteiger partial charge on any atom is -0.490 e. The molecule has 2 rings (SSSR count). The molecule has 0 bridgehead atoms. The molecular formula is C13H16BrN3O3. The Morgan fingerprint density at radius 1 is 1.35 bits per heavy atom. The van der Waals surface area contributed by atoms with Crippen molar-refractivity contribution in [2.75, 3.05) is 13.7 Å². The van der Waals surface area contributed by atoms with Gasteiger partial charge in [-0.2, -0.15) is 4.98 Å². The maximum atomic E-state index is 5.72. The lowest BCUT2D eigenvalue weighted by molar-refractivity contribution is 0.256. The van der Waals surface area contributed by atoms with Crippen LogP contribution in [-0.4, -0.2) is 23.8 Å². The molecule has 0 saturated heterocycles. The Morgan fingerprint density at radius 3 is 2.85 bits per heavy atom. The Hall–Kier alpha value is -1.60. The van der Waals surface area contributed by atoms with Crippen LogP contribution in [0.1, 0.15) is 18.3 Å². The van der Waals surface area contributed by atoms with E-state index in [0.29, 0.717) is 23.9 Å². The van der Waals surface area contributed by atoms with Crippen molar-refractivity contribution in [3.05, 3.63) is 34.4 Å². The summed E-state index contributed by atoms with van der Waals surface area (Å²) in [6.07, 6.45) is 1.27. The Morgan fingerprint density at radius 2 is 2.20 bits per heavy atom. The third kappa shape index (κ3) is 3.71. The fourth-order valence-electron chi connectivity index (χ4n) is 1.72. The van der Waals surface area contributed by atoms with Crippen molar-refractivity contribution >= 4 is 15.9 Å². The van der Waals surface area contributed by atoms with Crippen molar-refractivity contribution in [1.29, 1.82) is 0 Å². The highest BCUT2D eigenvalue weighted by atomic mass is 79.9. The average Bonchev–Trinajstić information content (AvgIpc) is 2.92. The number of hydrogen-bond acceptors (Lipinski definition) is 6. The molecular weight excluding hydrogens is 326 g/mol. The summed E-state index contributed by atoms with van der Waals surface area (Å²) in [4.78, 5) is 3.91. The molecule has 0 spiro atoms. The van der Waals surface area contributed by atoms with Crippen LogP contribution in [0.25, 0.3) is 0 Å². The highest BCUT2D eigenvalue weighted by Gasteiger charge is 2.13. The van der Waals surface area contributed by atoms with E-state index in [0.717, 1.165) is 16.6 Å². The molecule has 1 N–H and O–H groups in total. The maximum absolute atomic E-state index is 5.72. The number of rotatable bonds is 7. The fourth-order valence-corrected chi connectivity index (χ4v) is 2.33. The van der Waals surface area contributed by atoms with Crippen LogP contribution in [0.15, 0.2) is 27.5 Å². The van der Waals surface area contributed by atoms with Gasteiger partial charge in [0.2, 0.25) is 12.2 Å². The SMILES string of the molecule is CCOc1cc(CNC)cc(Br)c1OCc1ncon1. The molecule has 1 aromatic heterocycles. The second-order valence-corrected chi connectivity index (χ2v) is 4.86. The molecule has 0 amide bonds. The molecule has 1 aromatic carbocycles. The van der Waals surface area contributed by atoms with Gasteiger partial charge in [-0.25, -0.2) is 0 Å². The Kier molecular flexibility index (Phi) is 5.37. The summed E-state index contributed by atoms with van der Waals surface area (Å²) in [5.41, 5.74) is 1.11. The first kappa shape index (κ1) is 14.8. The fraction of sp³-hybridized carbons (Fsp3) is 0.385. The lowest BCUT2D eigenvalue weighted by Gasteiger charge is -2.14. The quantitative estimate of drug-likeness (QED) is 0.834. The molecule has 0 aliphatic heterocycles. The monoisotopic (exact) mass is 341 g/mol. The predicted octanol–water partition coefficient (Wildman–Crippen LogP) is 2.53. The van der Waals surface area contributed by atoms with Crippen LogP contribution in [0.4, 0.5) is 0 Å². The van der Waals surface area contributed by atoms with Crippen LogP contribution in [0.5, 0.6) is 11.5 Å². The van der Waals surface area contributed by atoms with Gasteiger partial charge in [0, 0.05) is 6.54 Å². The minimum absolute atomic E-state index is 0.223. The average molecular weight is 342 g/mol. The third-order valence-corrected chi connectivity index (χ3v) is 3.09. The van der Waals surface area contributed by atoms with Crippen LogP contribution in [-0.2, 0) is 13.2 Å². The van der Waals surface area contributed by atoms with E-state index < -0.39 is 0 Å². The van der Waals surface area contributed by atoms with Crippen molar-refractivity contribution in [2.45, 2.75) is 20.1 Å². The van der Waals surface area contributed by atoms with Gasteiger partial charge < -0.3 is 19.3 Å². The molecule has 1 heterocycles. The normalized spacial score (nSPS) is 10.6. The van der Waals surface area contributed by atoms with E-state index in [-0.39, 0.29) is 6.61 Å². The summed E-state index contributed by atoms with van der Waals surface area (Å²) in [7, 11) is 1.90. The zero-order chi connectivity index (χ0) is 14.4. The first-order chi connectivity index (χ1) is 9.74. The van der Waals surface area contributed by atoms with Crippen molar-refractivity contribution in [3.63, 3.8) is 0 Å². The molecule has 2 aromatic rings. The molecule has 108 valence electrons. The first-order valence-corrected chi connectivity index (χ1v) is 7.01. The highest BCUT2D eigenvalue weighted by molar-refractivity contribution is 9.10. The van der Waals surface area contributed by atoms with Gasteiger partial charge in [-0.3, -0.25) is 0 Å². The van der Waals surface area contributed by atoms with E-state index in [2.05, 4.69) is 35.9 Å². The lowest BCUT2D eigenvalue weighted by Crippen LogP contribution is -2.07. The minimum atomic E-state index is 0.223. The Labute approximate surface area is 125 Å². The Bertz CT molecular complexity index is 546. The Balaban J connectivity index is 2.20. The molecule has 0 aliphatic rings. The molecule has 0 unspecified atom stereocenters. The van der Waals surface area contributed by atoms with Crippen molar-refractivity contribution in [3.8, 4) is 11.5 Å². The van der Waals surface area contributed by atoms with Crippen LogP contribution < -0.4 is 14.8 Å². The number of benzene rings is 1. The standard InChI is InChI=1S/C13H16BrN3O3/c1-3-18-11-5-9(6-15-2)4-10(14)13(11)19-7-12-16-8-20-17-12/h4-5,8,15H,3,6-7H2,1-2H3. The maximum Gasteiger partial charge on any atom is 0.213 e. The number of aromatic nitrogens is 2. The molecule has 6 nitrogen and oxygen atoms in total. The van der Waals surface area contributed by atoms with Crippen molar-refractivity contribution < 1.29 is 14.0 Å². The first-order valence-electron chi connectivity index (χ1n) is 6.22. The topological polar surface area (TPSA) is 69.4 Å². The van der Waals surface area contributed by atoms with Crippen LogP contribution in [0, 0.1) is 0 Å². The predicted molar refractivity (Wildman–Crippen MR) is 76.7 cm³/mol. The number of nitrogens with one attached hydrogen (secondary N) is 1. The largest absolute Gasteiger partial charge is 0.490 e. The molecule has 0 aliphatic carbocycles. The van der Waals surface area contributed by atoms with Crippen LogP contribution in [0.2, 0.25) is 0 Å². The number of halogens is 1. The van der Waals surface area contributed by atoms with Gasteiger partial charge in [-0.05, 0) is 47.6 Å². The molecule has 20 heavy (non-hydrogen) atoms. The summed E-state index contributed by atoms with van der Waals surface area (Å²) >= 11 is 3.51. The van der Waals surface area contributed by atoms with Gasteiger partial charge in [-0.1, -0.05) is 5.16 Å². The summed E-state index contributed by atoms with van der Waals surface area (Å²) in [6.45, 7) is 3.47. The highest BCUT2D eigenvalue weighted by Crippen LogP contribution is 2.37. The van der Waals surface area contributed by atoms with E-state index in [1.54, 1.807) is 0 Å².